The Balaban J connectivity index is 0.00000169. The monoisotopic (exact) mass is 221 g/mol. The van der Waals surface area contributed by atoms with Gasteiger partial charge < -0.3 is 10.8 Å². The van der Waals surface area contributed by atoms with Crippen LogP contribution in [0.2, 0.25) is 0 Å². The first-order valence-electron chi connectivity index (χ1n) is 3.62. The van der Waals surface area contributed by atoms with Crippen LogP contribution in [0.25, 0.3) is 0 Å². The Morgan fingerprint density at radius 3 is 2.43 bits per heavy atom. The molecule has 1 atom stereocenters. The predicted octanol–water partition coefficient (Wildman–Crippen LogP) is 2.28. The quantitative estimate of drug-likeness (QED) is 0.753. The van der Waals surface area contributed by atoms with Gasteiger partial charge in [0.15, 0.2) is 0 Å². The van der Waals surface area contributed by atoms with Crippen molar-refractivity contribution in [1.29, 1.82) is 0 Å². The molecule has 14 heavy (non-hydrogen) atoms. The van der Waals surface area contributed by atoms with Gasteiger partial charge in [0.05, 0.1) is 11.6 Å². The van der Waals surface area contributed by atoms with E-state index in [2.05, 4.69) is 6.58 Å². The van der Waals surface area contributed by atoms with Gasteiger partial charge in [0.25, 0.3) is 0 Å². The van der Waals surface area contributed by atoms with Crippen molar-refractivity contribution in [2.45, 2.75) is 6.04 Å². The highest BCUT2D eigenvalue weighted by molar-refractivity contribution is 5.85. The molecule has 0 unspecified atom stereocenters. The minimum atomic E-state index is -0.870. The lowest BCUT2D eigenvalue weighted by Crippen LogP contribution is -2.09. The van der Waals surface area contributed by atoms with Crippen molar-refractivity contribution in [2.24, 2.45) is 5.73 Å². The molecule has 3 N–H and O–H groups in total. The second-order valence-electron chi connectivity index (χ2n) is 2.58. The molecule has 1 rings (SSSR count). The molecule has 0 fully saturated rings. The summed E-state index contributed by atoms with van der Waals surface area (Å²) in [6, 6.07) is 0.640. The summed E-state index contributed by atoms with van der Waals surface area (Å²) in [7, 11) is 0. The maximum Gasteiger partial charge on any atom is 0.134 e. The molecule has 1 aromatic carbocycles. The standard InChI is InChI=1S/C9H9F2NO.ClH/c1-2-7(12)9-6(11)3-5(10)4-8(9)13;/h2-4,7,13H,1,12H2;1H/t7-;/m1./s1. The third-order valence-corrected chi connectivity index (χ3v) is 1.66. The molecule has 0 spiro atoms. The minimum Gasteiger partial charge on any atom is -0.507 e. The Kier molecular flexibility index (Phi) is 4.53. The molecule has 0 aliphatic heterocycles. The van der Waals surface area contributed by atoms with Gasteiger partial charge in [-0.3, -0.25) is 0 Å². The summed E-state index contributed by atoms with van der Waals surface area (Å²) >= 11 is 0. The zero-order valence-electron chi connectivity index (χ0n) is 7.21. The lowest BCUT2D eigenvalue weighted by Gasteiger charge is -2.09. The number of hydrogen-bond donors (Lipinski definition) is 2. The van der Waals surface area contributed by atoms with Crippen molar-refractivity contribution in [3.05, 3.63) is 42.0 Å². The number of aromatic hydroxyl groups is 1. The second kappa shape index (κ2) is 4.93. The van der Waals surface area contributed by atoms with Gasteiger partial charge in [-0.1, -0.05) is 6.08 Å². The normalized spacial score (nSPS) is 11.6. The van der Waals surface area contributed by atoms with Crippen molar-refractivity contribution >= 4 is 12.4 Å². The van der Waals surface area contributed by atoms with E-state index in [9.17, 15) is 8.78 Å². The molecule has 0 bridgehead atoms. The van der Waals surface area contributed by atoms with Gasteiger partial charge in [0.2, 0.25) is 0 Å². The van der Waals surface area contributed by atoms with E-state index in [1.807, 2.05) is 0 Å². The summed E-state index contributed by atoms with van der Waals surface area (Å²) in [5, 5.41) is 9.17. The summed E-state index contributed by atoms with van der Waals surface area (Å²) in [4.78, 5) is 0. The highest BCUT2D eigenvalue weighted by Crippen LogP contribution is 2.27. The molecule has 0 saturated heterocycles. The zero-order chi connectivity index (χ0) is 10.0. The summed E-state index contributed by atoms with van der Waals surface area (Å²) in [5.74, 6) is -2.20. The zero-order valence-corrected chi connectivity index (χ0v) is 8.02. The molecule has 1 aromatic rings. The van der Waals surface area contributed by atoms with E-state index in [0.717, 1.165) is 6.07 Å². The maximum atomic E-state index is 13.0. The molecule has 0 radical (unpaired) electrons. The predicted molar refractivity (Wildman–Crippen MR) is 52.4 cm³/mol. The summed E-state index contributed by atoms with van der Waals surface area (Å²) in [6.07, 6.45) is 1.26. The first-order valence-corrected chi connectivity index (χ1v) is 3.62. The van der Waals surface area contributed by atoms with Crippen molar-refractivity contribution in [3.63, 3.8) is 0 Å². The van der Waals surface area contributed by atoms with E-state index in [0.29, 0.717) is 6.07 Å². The third-order valence-electron chi connectivity index (χ3n) is 1.66. The highest BCUT2D eigenvalue weighted by Gasteiger charge is 2.14. The molecule has 0 aromatic heterocycles. The highest BCUT2D eigenvalue weighted by atomic mass is 35.5. The van der Waals surface area contributed by atoms with E-state index < -0.39 is 23.4 Å². The number of nitrogens with two attached hydrogens (primary N) is 1. The molecule has 0 heterocycles. The smallest absolute Gasteiger partial charge is 0.134 e. The van der Waals surface area contributed by atoms with Gasteiger partial charge in [-0.15, -0.1) is 19.0 Å². The molecule has 78 valence electrons. The number of phenolic OH excluding ortho intramolecular Hbond substituents is 1. The van der Waals surface area contributed by atoms with E-state index in [4.69, 9.17) is 10.8 Å². The fraction of sp³-hybridized carbons (Fsp3) is 0.111. The van der Waals surface area contributed by atoms with Crippen molar-refractivity contribution in [3.8, 4) is 5.75 Å². The van der Waals surface area contributed by atoms with Crippen LogP contribution in [0.15, 0.2) is 24.8 Å². The largest absolute Gasteiger partial charge is 0.507 e. The number of hydrogen-bond acceptors (Lipinski definition) is 2. The second-order valence-corrected chi connectivity index (χ2v) is 2.58. The topological polar surface area (TPSA) is 46.2 Å². The van der Waals surface area contributed by atoms with Gasteiger partial charge in [-0.05, 0) is 0 Å². The molecule has 5 heteroatoms. The average Bonchev–Trinajstić information content (AvgIpc) is 2.02. The Labute approximate surface area is 86.5 Å². The Morgan fingerprint density at radius 1 is 1.43 bits per heavy atom. The van der Waals surface area contributed by atoms with E-state index in [1.165, 1.54) is 6.08 Å². The van der Waals surface area contributed by atoms with Crippen molar-refractivity contribution in [1.82, 2.24) is 0 Å². The molecular weight excluding hydrogens is 212 g/mol. The van der Waals surface area contributed by atoms with Crippen molar-refractivity contribution < 1.29 is 13.9 Å². The number of rotatable bonds is 2. The molecular formula is C9H10ClF2NO. The van der Waals surface area contributed by atoms with Crippen LogP contribution in [-0.4, -0.2) is 5.11 Å². The minimum absolute atomic E-state index is 0. The Bertz CT molecular complexity index is 321. The van der Waals surface area contributed by atoms with Crippen LogP contribution in [0.1, 0.15) is 11.6 Å². The van der Waals surface area contributed by atoms with Gasteiger partial charge in [0, 0.05) is 12.1 Å². The van der Waals surface area contributed by atoms with Gasteiger partial charge >= 0.3 is 0 Å². The third kappa shape index (κ3) is 2.43. The Hall–Kier alpha value is -1.13. The molecule has 0 amide bonds. The Morgan fingerprint density at radius 2 is 2.00 bits per heavy atom. The van der Waals surface area contributed by atoms with Crippen LogP contribution < -0.4 is 5.73 Å². The molecule has 2 nitrogen and oxygen atoms in total. The van der Waals surface area contributed by atoms with Gasteiger partial charge in [-0.2, -0.15) is 0 Å². The summed E-state index contributed by atoms with van der Waals surface area (Å²) in [5.41, 5.74) is 5.26. The average molecular weight is 222 g/mol. The van der Waals surface area contributed by atoms with Gasteiger partial charge in [0.1, 0.15) is 17.4 Å². The van der Waals surface area contributed by atoms with Crippen LogP contribution in [0.5, 0.6) is 5.75 Å². The lowest BCUT2D eigenvalue weighted by atomic mass is 10.1. The van der Waals surface area contributed by atoms with E-state index >= 15 is 0 Å². The fourth-order valence-corrected chi connectivity index (χ4v) is 1.02. The first-order chi connectivity index (χ1) is 6.06. The molecule has 0 aliphatic rings. The molecule has 0 saturated carbocycles. The number of phenols is 1. The summed E-state index contributed by atoms with van der Waals surface area (Å²) in [6.45, 7) is 3.35. The van der Waals surface area contributed by atoms with Crippen LogP contribution >= 0.6 is 12.4 Å². The fourth-order valence-electron chi connectivity index (χ4n) is 1.02. The van der Waals surface area contributed by atoms with Crippen LogP contribution in [0.3, 0.4) is 0 Å². The van der Waals surface area contributed by atoms with Crippen LogP contribution in [0.4, 0.5) is 8.78 Å². The first kappa shape index (κ1) is 12.9. The van der Waals surface area contributed by atoms with E-state index in [1.54, 1.807) is 0 Å². The van der Waals surface area contributed by atoms with E-state index in [-0.39, 0.29) is 18.0 Å². The van der Waals surface area contributed by atoms with Gasteiger partial charge in [-0.25, -0.2) is 8.78 Å². The lowest BCUT2D eigenvalue weighted by molar-refractivity contribution is 0.446. The van der Waals surface area contributed by atoms with Crippen LogP contribution in [0, 0.1) is 11.6 Å². The SMILES string of the molecule is C=C[C@@H](N)c1c(O)cc(F)cc1F.Cl. The number of halogens is 3. The molecule has 0 aliphatic carbocycles. The summed E-state index contributed by atoms with van der Waals surface area (Å²) < 4.78 is 25.5. The van der Waals surface area contributed by atoms with Crippen LogP contribution in [-0.2, 0) is 0 Å². The van der Waals surface area contributed by atoms with Crippen molar-refractivity contribution in [2.75, 3.05) is 0 Å². The maximum absolute atomic E-state index is 13.0. The number of benzene rings is 1.